The molecule has 0 aromatic heterocycles. The van der Waals surface area contributed by atoms with E-state index < -0.39 is 22.4 Å². The molecule has 1 aliphatic carbocycles. The van der Waals surface area contributed by atoms with Gasteiger partial charge in [0.05, 0.1) is 16.6 Å². The van der Waals surface area contributed by atoms with Gasteiger partial charge in [-0.1, -0.05) is 13.8 Å². The van der Waals surface area contributed by atoms with Crippen molar-refractivity contribution < 1.29 is 22.8 Å². The van der Waals surface area contributed by atoms with Crippen molar-refractivity contribution in [2.45, 2.75) is 38.6 Å². The number of alkyl halides is 3. The molecule has 1 saturated carbocycles. The fourth-order valence-electron chi connectivity index (χ4n) is 4.38. The Balaban J connectivity index is 1.98. The number of rotatable bonds is 3. The lowest BCUT2D eigenvalue weighted by molar-refractivity contribution is -0.384. The number of hydrogen-bond acceptors (Lipinski definition) is 4. The predicted molar refractivity (Wildman–Crippen MR) is 81.9 cm³/mol. The molecule has 1 saturated heterocycles. The van der Waals surface area contributed by atoms with Crippen molar-refractivity contribution in [2.75, 3.05) is 18.6 Å². The first-order valence-electron chi connectivity index (χ1n) is 7.75. The van der Waals surface area contributed by atoms with Gasteiger partial charge in [0.2, 0.25) is 0 Å². The second-order valence-electron chi connectivity index (χ2n) is 7.08. The van der Waals surface area contributed by atoms with E-state index in [1.807, 2.05) is 13.8 Å². The van der Waals surface area contributed by atoms with Gasteiger partial charge in [0.1, 0.15) is 5.69 Å². The summed E-state index contributed by atoms with van der Waals surface area (Å²) < 4.78 is 44.3. The van der Waals surface area contributed by atoms with Crippen molar-refractivity contribution in [1.82, 2.24) is 0 Å². The van der Waals surface area contributed by atoms with Crippen LogP contribution in [0.15, 0.2) is 18.2 Å². The Hall–Kier alpha value is -1.83. The summed E-state index contributed by atoms with van der Waals surface area (Å²) in [4.78, 5) is 12.3. The molecule has 132 valence electrons. The smallest absolute Gasteiger partial charge is 0.377 e. The molecule has 1 aromatic carbocycles. The van der Waals surface area contributed by atoms with E-state index in [9.17, 15) is 23.3 Å². The first-order valence-corrected chi connectivity index (χ1v) is 7.75. The maximum absolute atomic E-state index is 12.8. The number of nitrogens with zero attached hydrogens (tertiary/aromatic N) is 2. The minimum atomic E-state index is -4.61. The van der Waals surface area contributed by atoms with Gasteiger partial charge in [-0.3, -0.25) is 10.1 Å². The van der Waals surface area contributed by atoms with Gasteiger partial charge in [0.25, 0.3) is 5.69 Å². The van der Waals surface area contributed by atoms with Crippen LogP contribution in [-0.2, 0) is 10.9 Å². The minimum Gasteiger partial charge on any atom is -0.377 e. The number of fused-ring (bicyclic) bond motifs is 1. The highest BCUT2D eigenvalue weighted by Crippen LogP contribution is 2.55. The van der Waals surface area contributed by atoms with Crippen LogP contribution in [0.5, 0.6) is 0 Å². The molecule has 24 heavy (non-hydrogen) atoms. The highest BCUT2D eigenvalue weighted by Gasteiger charge is 2.61. The van der Waals surface area contributed by atoms with Gasteiger partial charge in [-0.15, -0.1) is 0 Å². The van der Waals surface area contributed by atoms with E-state index in [1.165, 1.54) is 6.07 Å². The Morgan fingerprint density at radius 1 is 1.38 bits per heavy atom. The molecular formula is C16H19F3N2O3. The number of halogens is 3. The molecule has 0 bridgehead atoms. The fraction of sp³-hybridized carbons (Fsp3) is 0.625. The monoisotopic (exact) mass is 344 g/mol. The van der Waals surface area contributed by atoms with E-state index in [2.05, 4.69) is 0 Å². The summed E-state index contributed by atoms with van der Waals surface area (Å²) in [5.74, 6) is 0.242. The zero-order chi connectivity index (χ0) is 17.9. The molecule has 1 aromatic rings. The number of benzene rings is 1. The second kappa shape index (κ2) is 5.34. The average molecular weight is 344 g/mol. The van der Waals surface area contributed by atoms with Crippen molar-refractivity contribution in [1.29, 1.82) is 0 Å². The molecule has 0 spiro atoms. The van der Waals surface area contributed by atoms with E-state index in [0.717, 1.165) is 12.5 Å². The Bertz CT molecular complexity index is 675. The molecule has 8 heteroatoms. The van der Waals surface area contributed by atoms with Gasteiger partial charge in [0.15, 0.2) is 0 Å². The number of anilines is 1. The highest BCUT2D eigenvalue weighted by atomic mass is 19.4. The third-order valence-electron chi connectivity index (χ3n) is 5.34. The lowest BCUT2D eigenvalue weighted by Gasteiger charge is -2.58. The lowest BCUT2D eigenvalue weighted by Crippen LogP contribution is -2.66. The van der Waals surface area contributed by atoms with Gasteiger partial charge in [-0.05, 0) is 18.6 Å². The Morgan fingerprint density at radius 3 is 2.62 bits per heavy atom. The van der Waals surface area contributed by atoms with Crippen LogP contribution in [-0.4, -0.2) is 30.7 Å². The molecule has 1 aliphatic heterocycles. The Kier molecular flexibility index (Phi) is 3.78. The maximum Gasteiger partial charge on any atom is 0.416 e. The molecule has 0 amide bonds. The first-order chi connectivity index (χ1) is 11.0. The maximum atomic E-state index is 12.8. The summed E-state index contributed by atoms with van der Waals surface area (Å²) >= 11 is 0. The summed E-state index contributed by atoms with van der Waals surface area (Å²) in [6.45, 7) is 4.70. The lowest BCUT2D eigenvalue weighted by atomic mass is 9.56. The Labute approximate surface area is 137 Å². The number of nitro groups is 1. The van der Waals surface area contributed by atoms with E-state index in [-0.39, 0.29) is 29.2 Å². The van der Waals surface area contributed by atoms with Crippen molar-refractivity contribution >= 4 is 11.4 Å². The standard InChI is InChI=1S/C16H19F3N2O3/c1-15(2)13(10-6-7-24-14(10)15)20(3)11-5-4-9(16(17,18)19)8-12(11)21(22)23/h4-5,8,10,13-14H,6-7H2,1-3H3. The summed E-state index contributed by atoms with van der Waals surface area (Å²) in [5, 5.41) is 11.3. The summed E-state index contributed by atoms with van der Waals surface area (Å²) in [5.41, 5.74) is -1.55. The van der Waals surface area contributed by atoms with Crippen molar-refractivity contribution in [2.24, 2.45) is 11.3 Å². The normalized spacial score (nSPS) is 28.2. The van der Waals surface area contributed by atoms with Crippen LogP contribution in [0.2, 0.25) is 0 Å². The second-order valence-corrected chi connectivity index (χ2v) is 7.08. The molecule has 3 unspecified atom stereocenters. The molecular weight excluding hydrogens is 325 g/mol. The molecule has 2 fully saturated rings. The van der Waals surface area contributed by atoms with E-state index >= 15 is 0 Å². The molecule has 2 aliphatic rings. The largest absolute Gasteiger partial charge is 0.416 e. The van der Waals surface area contributed by atoms with Crippen LogP contribution in [0.1, 0.15) is 25.8 Å². The number of ether oxygens (including phenoxy) is 1. The fourth-order valence-corrected chi connectivity index (χ4v) is 4.38. The average Bonchev–Trinajstić information content (AvgIpc) is 2.91. The van der Waals surface area contributed by atoms with Crippen molar-refractivity contribution in [3.05, 3.63) is 33.9 Å². The van der Waals surface area contributed by atoms with Crippen LogP contribution in [0.25, 0.3) is 0 Å². The van der Waals surface area contributed by atoms with Crippen LogP contribution < -0.4 is 4.90 Å². The number of hydrogen-bond donors (Lipinski definition) is 0. The van der Waals surface area contributed by atoms with Gasteiger partial charge in [-0.25, -0.2) is 0 Å². The predicted octanol–water partition coefficient (Wildman–Crippen LogP) is 3.86. The molecule has 3 rings (SSSR count). The van der Waals surface area contributed by atoms with Crippen LogP contribution in [0.3, 0.4) is 0 Å². The molecule has 5 nitrogen and oxygen atoms in total. The molecule has 0 radical (unpaired) electrons. The van der Waals surface area contributed by atoms with Gasteiger partial charge in [-0.2, -0.15) is 13.2 Å². The number of nitro benzene ring substituents is 1. The first kappa shape index (κ1) is 17.0. The van der Waals surface area contributed by atoms with Crippen LogP contribution in [0.4, 0.5) is 24.5 Å². The Morgan fingerprint density at radius 2 is 2.04 bits per heavy atom. The SMILES string of the molecule is CN(c1ccc(C(F)(F)F)cc1[N+](=O)[O-])C1C2CCOC2C1(C)C. The summed E-state index contributed by atoms with van der Waals surface area (Å²) in [6.07, 6.45) is -3.65. The molecule has 1 heterocycles. The topological polar surface area (TPSA) is 55.6 Å². The van der Waals surface area contributed by atoms with Gasteiger partial charge in [0, 0.05) is 37.1 Å². The van der Waals surface area contributed by atoms with E-state index in [0.29, 0.717) is 12.7 Å². The molecule has 0 N–H and O–H groups in total. The third kappa shape index (κ3) is 2.44. The summed E-state index contributed by atoms with van der Waals surface area (Å²) in [7, 11) is 1.70. The van der Waals surface area contributed by atoms with E-state index in [4.69, 9.17) is 4.74 Å². The van der Waals surface area contributed by atoms with Crippen LogP contribution >= 0.6 is 0 Å². The summed E-state index contributed by atoms with van der Waals surface area (Å²) in [6, 6.07) is 2.69. The van der Waals surface area contributed by atoms with Crippen LogP contribution in [0, 0.1) is 21.4 Å². The minimum absolute atomic E-state index is 0.0135. The quantitative estimate of drug-likeness (QED) is 0.617. The third-order valence-corrected chi connectivity index (χ3v) is 5.34. The van der Waals surface area contributed by atoms with Gasteiger partial charge < -0.3 is 9.64 Å². The van der Waals surface area contributed by atoms with Crippen molar-refractivity contribution in [3.63, 3.8) is 0 Å². The highest BCUT2D eigenvalue weighted by molar-refractivity contribution is 5.65. The zero-order valence-electron chi connectivity index (χ0n) is 13.6. The molecule has 3 atom stereocenters. The van der Waals surface area contributed by atoms with Gasteiger partial charge >= 0.3 is 6.18 Å². The van der Waals surface area contributed by atoms with E-state index in [1.54, 1.807) is 11.9 Å². The zero-order valence-corrected chi connectivity index (χ0v) is 13.6. The van der Waals surface area contributed by atoms with Crippen molar-refractivity contribution in [3.8, 4) is 0 Å².